The zero-order chi connectivity index (χ0) is 10.7. The predicted molar refractivity (Wildman–Crippen MR) is 46.2 cm³/mol. The molecule has 0 aliphatic carbocycles. The Bertz CT molecular complexity index is 305. The second kappa shape index (κ2) is 3.87. The fraction of sp³-hybridized carbons (Fsp3) is 0.714. The topological polar surface area (TPSA) is 88.5 Å². The van der Waals surface area contributed by atoms with Crippen molar-refractivity contribution in [1.29, 1.82) is 0 Å². The molecule has 0 saturated carbocycles. The van der Waals surface area contributed by atoms with E-state index in [1.54, 1.807) is 0 Å². The first-order valence-corrected chi connectivity index (χ1v) is 5.51. The van der Waals surface area contributed by atoms with Gasteiger partial charge in [-0.15, -0.1) is 0 Å². The second-order valence-corrected chi connectivity index (χ2v) is 5.46. The van der Waals surface area contributed by atoms with Crippen molar-refractivity contribution in [1.82, 2.24) is 0 Å². The lowest BCUT2D eigenvalue weighted by atomic mass is 10.1. The van der Waals surface area contributed by atoms with E-state index in [1.807, 2.05) is 0 Å². The smallest absolute Gasteiger partial charge is 0.324 e. The number of hydrogen-bond donors (Lipinski definition) is 1. The maximum Gasteiger partial charge on any atom is 0.324 e. The van der Waals surface area contributed by atoms with Gasteiger partial charge in [0.2, 0.25) is 0 Å². The van der Waals surface area contributed by atoms with Crippen LogP contribution < -0.4 is 0 Å². The normalized spacial score (nSPS) is 16.2. The van der Waals surface area contributed by atoms with Crippen LogP contribution in [0.2, 0.25) is 0 Å². The third kappa shape index (κ3) is 2.51. The molecule has 0 rings (SSSR count). The zero-order valence-corrected chi connectivity index (χ0v) is 8.30. The number of carbonyl (C=O) groups excluding carboxylic acids is 1. The van der Waals surface area contributed by atoms with Crippen LogP contribution >= 0.6 is 0 Å². The molecule has 0 heterocycles. The fourth-order valence-corrected chi connectivity index (χ4v) is 1.59. The van der Waals surface area contributed by atoms with Crippen molar-refractivity contribution in [2.24, 2.45) is 0 Å². The van der Waals surface area contributed by atoms with Gasteiger partial charge in [-0.1, -0.05) is 0 Å². The molecule has 1 atom stereocenters. The Kier molecular flexibility index (Phi) is 3.60. The van der Waals surface area contributed by atoms with Gasteiger partial charge in [-0.25, -0.2) is 8.42 Å². The molecule has 0 aliphatic heterocycles. The lowest BCUT2D eigenvalue weighted by Crippen LogP contribution is -2.43. The molecular formula is C7H12O5S. The summed E-state index contributed by atoms with van der Waals surface area (Å²) >= 11 is 0. The van der Waals surface area contributed by atoms with E-state index in [2.05, 4.69) is 0 Å². The molecule has 1 unspecified atom stereocenters. The zero-order valence-electron chi connectivity index (χ0n) is 7.48. The van der Waals surface area contributed by atoms with Crippen LogP contribution in [0.25, 0.3) is 0 Å². The largest absolute Gasteiger partial charge is 0.480 e. The number of rotatable bonds is 5. The highest BCUT2D eigenvalue weighted by Gasteiger charge is 2.42. The number of carboxylic acids is 1. The Morgan fingerprint density at radius 3 is 2.23 bits per heavy atom. The van der Waals surface area contributed by atoms with E-state index in [9.17, 15) is 18.0 Å². The molecule has 76 valence electrons. The molecule has 0 saturated heterocycles. The minimum atomic E-state index is -3.69. The average Bonchev–Trinajstić information content (AvgIpc) is 1.97. The molecule has 0 spiro atoms. The standard InChI is InChI=1S/C7H12O5S/c1-7(6(9)10,4-3-5-8)13(2,11)12/h5H,3-4H2,1-2H3,(H,9,10). The van der Waals surface area contributed by atoms with E-state index < -0.39 is 20.6 Å². The first kappa shape index (κ1) is 12.1. The van der Waals surface area contributed by atoms with Crippen LogP contribution in [-0.2, 0) is 19.4 Å². The molecular weight excluding hydrogens is 196 g/mol. The quantitative estimate of drug-likeness (QED) is 0.635. The predicted octanol–water partition coefficient (Wildman–Crippen LogP) is -0.147. The van der Waals surface area contributed by atoms with Gasteiger partial charge in [0.05, 0.1) is 0 Å². The summed E-state index contributed by atoms with van der Waals surface area (Å²) in [5.41, 5.74) is 0. The van der Waals surface area contributed by atoms with Gasteiger partial charge < -0.3 is 9.90 Å². The van der Waals surface area contributed by atoms with Gasteiger partial charge in [0.1, 0.15) is 6.29 Å². The Morgan fingerprint density at radius 1 is 1.54 bits per heavy atom. The molecule has 0 amide bonds. The highest BCUT2D eigenvalue weighted by molar-refractivity contribution is 7.92. The van der Waals surface area contributed by atoms with Crippen molar-refractivity contribution >= 4 is 22.1 Å². The summed E-state index contributed by atoms with van der Waals surface area (Å²) < 4.78 is 20.4. The van der Waals surface area contributed by atoms with Crippen LogP contribution in [0.15, 0.2) is 0 Å². The van der Waals surface area contributed by atoms with Gasteiger partial charge in [0, 0.05) is 12.7 Å². The molecule has 13 heavy (non-hydrogen) atoms. The summed E-state index contributed by atoms with van der Waals surface area (Å²) in [4.78, 5) is 20.7. The van der Waals surface area contributed by atoms with Crippen molar-refractivity contribution in [3.63, 3.8) is 0 Å². The number of carboxylic acid groups (broad SMARTS) is 1. The molecule has 0 aliphatic rings. The van der Waals surface area contributed by atoms with E-state index in [4.69, 9.17) is 5.11 Å². The molecule has 0 aromatic carbocycles. The van der Waals surface area contributed by atoms with E-state index in [-0.39, 0.29) is 12.8 Å². The van der Waals surface area contributed by atoms with Crippen molar-refractivity contribution in [3.8, 4) is 0 Å². The first-order valence-electron chi connectivity index (χ1n) is 3.62. The minimum absolute atomic E-state index is 0.0735. The summed E-state index contributed by atoms with van der Waals surface area (Å²) in [6.45, 7) is 1.11. The van der Waals surface area contributed by atoms with Crippen molar-refractivity contribution in [2.45, 2.75) is 24.5 Å². The minimum Gasteiger partial charge on any atom is -0.480 e. The number of sulfone groups is 1. The maximum absolute atomic E-state index is 11.1. The first-order chi connectivity index (χ1) is 5.75. The Labute approximate surface area is 76.7 Å². The van der Waals surface area contributed by atoms with Gasteiger partial charge >= 0.3 is 5.97 Å². The molecule has 5 nitrogen and oxygen atoms in total. The van der Waals surface area contributed by atoms with Crippen LogP contribution in [0, 0.1) is 0 Å². The average molecular weight is 208 g/mol. The van der Waals surface area contributed by atoms with Crippen LogP contribution in [-0.4, -0.2) is 36.8 Å². The van der Waals surface area contributed by atoms with Crippen LogP contribution in [0.3, 0.4) is 0 Å². The van der Waals surface area contributed by atoms with E-state index in [1.165, 1.54) is 0 Å². The maximum atomic E-state index is 11.1. The Balaban J connectivity index is 4.97. The van der Waals surface area contributed by atoms with Crippen LogP contribution in [0.5, 0.6) is 0 Å². The Morgan fingerprint density at radius 2 is 2.00 bits per heavy atom. The van der Waals surface area contributed by atoms with Gasteiger partial charge in [0.15, 0.2) is 14.6 Å². The lowest BCUT2D eigenvalue weighted by Gasteiger charge is -2.21. The summed E-state index contributed by atoms with van der Waals surface area (Å²) in [5, 5.41) is 8.70. The number of hydrogen-bond acceptors (Lipinski definition) is 4. The molecule has 1 N–H and O–H groups in total. The molecule has 0 fully saturated rings. The molecule has 0 aromatic heterocycles. The van der Waals surface area contributed by atoms with Crippen molar-refractivity contribution in [3.05, 3.63) is 0 Å². The van der Waals surface area contributed by atoms with Crippen LogP contribution in [0.4, 0.5) is 0 Å². The van der Waals surface area contributed by atoms with E-state index in [0.717, 1.165) is 13.2 Å². The second-order valence-electron chi connectivity index (χ2n) is 3.01. The number of aliphatic carboxylic acids is 1. The van der Waals surface area contributed by atoms with E-state index in [0.29, 0.717) is 6.29 Å². The Hall–Kier alpha value is -0.910. The monoisotopic (exact) mass is 208 g/mol. The fourth-order valence-electron chi connectivity index (χ4n) is 0.785. The van der Waals surface area contributed by atoms with Gasteiger partial charge in [-0.3, -0.25) is 4.79 Å². The van der Waals surface area contributed by atoms with Crippen molar-refractivity contribution in [2.75, 3.05) is 6.26 Å². The van der Waals surface area contributed by atoms with Gasteiger partial charge in [0.25, 0.3) is 0 Å². The molecule has 0 bridgehead atoms. The van der Waals surface area contributed by atoms with Crippen molar-refractivity contribution < 1.29 is 23.1 Å². The van der Waals surface area contributed by atoms with Gasteiger partial charge in [-0.05, 0) is 13.3 Å². The third-order valence-corrected chi connectivity index (χ3v) is 4.03. The van der Waals surface area contributed by atoms with Gasteiger partial charge in [-0.2, -0.15) is 0 Å². The van der Waals surface area contributed by atoms with Crippen LogP contribution in [0.1, 0.15) is 19.8 Å². The summed E-state index contributed by atoms with van der Waals surface area (Å²) in [7, 11) is -3.69. The number of aldehydes is 1. The summed E-state index contributed by atoms with van der Waals surface area (Å²) in [5.74, 6) is -1.42. The molecule has 6 heteroatoms. The summed E-state index contributed by atoms with van der Waals surface area (Å²) in [6.07, 6.45) is 1.10. The third-order valence-electron chi connectivity index (χ3n) is 2.01. The molecule has 0 aromatic rings. The van der Waals surface area contributed by atoms with E-state index >= 15 is 0 Å². The lowest BCUT2D eigenvalue weighted by molar-refractivity contribution is -0.139. The highest BCUT2D eigenvalue weighted by atomic mass is 32.2. The highest BCUT2D eigenvalue weighted by Crippen LogP contribution is 2.22. The molecule has 0 radical (unpaired) electrons. The number of carbonyl (C=O) groups is 2. The SMILES string of the molecule is CC(CCC=O)(C(=O)O)S(C)(=O)=O. The summed E-state index contributed by atoms with van der Waals surface area (Å²) in [6, 6.07) is 0.